The van der Waals surface area contributed by atoms with Crippen molar-refractivity contribution in [1.29, 1.82) is 0 Å². The molecule has 1 aromatic heterocycles. The molecule has 0 aliphatic carbocycles. The Morgan fingerprint density at radius 2 is 1.77 bits per heavy atom. The van der Waals surface area contributed by atoms with E-state index >= 15 is 0 Å². The summed E-state index contributed by atoms with van der Waals surface area (Å²) in [6.07, 6.45) is -3.36. The summed E-state index contributed by atoms with van der Waals surface area (Å²) in [6, 6.07) is -1.26. The number of phosphoric acid groups is 3. The third-order valence-electron chi connectivity index (χ3n) is 3.45. The summed E-state index contributed by atoms with van der Waals surface area (Å²) in [5.41, 5.74) is 9.99. The van der Waals surface area contributed by atoms with E-state index in [1.165, 1.54) is 0 Å². The summed E-state index contributed by atoms with van der Waals surface area (Å²) < 4.78 is 51.2. The zero-order valence-electron chi connectivity index (χ0n) is 14.4. The van der Waals surface area contributed by atoms with Gasteiger partial charge in [-0.3, -0.25) is 9.46 Å². The first-order valence-electron chi connectivity index (χ1n) is 7.47. The van der Waals surface area contributed by atoms with Gasteiger partial charge in [0.05, 0.1) is 18.8 Å². The Balaban J connectivity index is 2.32. The van der Waals surface area contributed by atoms with Crippen molar-refractivity contribution in [3.05, 3.63) is 16.7 Å². The summed E-state index contributed by atoms with van der Waals surface area (Å²) in [6.45, 7) is -0.656. The summed E-state index contributed by atoms with van der Waals surface area (Å²) in [5, 5.41) is 19.0. The van der Waals surface area contributed by atoms with Gasteiger partial charge in [0.1, 0.15) is 12.2 Å². The van der Waals surface area contributed by atoms with Crippen LogP contribution < -0.4 is 21.7 Å². The van der Waals surface area contributed by atoms with Gasteiger partial charge < -0.3 is 45.6 Å². The Morgan fingerprint density at radius 1 is 1.17 bits per heavy atom. The average Bonchev–Trinajstić information content (AvgIpc) is 2.81. The lowest BCUT2D eigenvalue weighted by molar-refractivity contribution is -0.0465. The molecule has 0 saturated carbocycles. The zero-order chi connectivity index (χ0) is 23.1. The highest BCUT2D eigenvalue weighted by Crippen LogP contribution is 2.66. The molecule has 1 fully saturated rings. The minimum absolute atomic E-state index is 0.583. The van der Waals surface area contributed by atoms with Crippen molar-refractivity contribution in [3.63, 3.8) is 0 Å². The highest BCUT2D eigenvalue weighted by molar-refractivity contribution is 7.66. The van der Waals surface area contributed by atoms with Gasteiger partial charge >= 0.3 is 29.2 Å². The Labute approximate surface area is 166 Å². The fourth-order valence-corrected chi connectivity index (χ4v) is 5.33. The number of aliphatic hydroxyl groups excluding tert-OH is 2. The van der Waals surface area contributed by atoms with Crippen LogP contribution in [0.15, 0.2) is 11.0 Å². The molecule has 10 N–H and O–H groups in total. The maximum Gasteiger partial charge on any atom is 0.536 e. The fourth-order valence-electron chi connectivity index (χ4n) is 2.31. The molecular formula is C9H17N4O14P3. The zero-order valence-corrected chi connectivity index (χ0v) is 17.1. The van der Waals surface area contributed by atoms with Gasteiger partial charge in [-0.2, -0.15) is 13.6 Å². The normalized spacial score (nSPS) is 28.6. The van der Waals surface area contributed by atoms with Crippen LogP contribution in [0, 0.1) is 0 Å². The Bertz CT molecular complexity index is 993. The van der Waals surface area contributed by atoms with E-state index in [1.807, 2.05) is 0 Å². The highest BCUT2D eigenvalue weighted by Gasteiger charge is 2.44. The lowest BCUT2D eigenvalue weighted by atomic mass is 10.1. The molecule has 21 heteroatoms. The van der Waals surface area contributed by atoms with Crippen LogP contribution in [0.5, 0.6) is 5.75 Å². The number of aliphatic hydroxyl groups is 2. The summed E-state index contributed by atoms with van der Waals surface area (Å²) in [5.74, 6) is -1.68. The van der Waals surface area contributed by atoms with Crippen molar-refractivity contribution in [2.45, 2.75) is 24.5 Å². The second-order valence-electron chi connectivity index (χ2n) is 5.68. The average molecular weight is 498 g/mol. The van der Waals surface area contributed by atoms with Crippen molar-refractivity contribution < 1.29 is 61.4 Å². The van der Waals surface area contributed by atoms with Gasteiger partial charge in [0.25, 0.3) is 0 Å². The van der Waals surface area contributed by atoms with Gasteiger partial charge in [-0.25, -0.2) is 18.5 Å². The molecule has 1 saturated heterocycles. The number of anilines is 1. The molecular weight excluding hydrogens is 481 g/mol. The lowest BCUT2D eigenvalue weighted by Gasteiger charge is -2.20. The van der Waals surface area contributed by atoms with Crippen LogP contribution in [-0.2, 0) is 27.1 Å². The first-order valence-corrected chi connectivity index (χ1v) is 12.0. The quantitative estimate of drug-likeness (QED) is 0.167. The van der Waals surface area contributed by atoms with Crippen molar-refractivity contribution in [3.8, 4) is 5.75 Å². The van der Waals surface area contributed by atoms with Crippen LogP contribution in [-0.4, -0.2) is 64.2 Å². The van der Waals surface area contributed by atoms with Gasteiger partial charge in [0, 0.05) is 0 Å². The van der Waals surface area contributed by atoms with Gasteiger partial charge in [-0.15, -0.1) is 0 Å². The van der Waals surface area contributed by atoms with Crippen molar-refractivity contribution in [2.24, 2.45) is 5.73 Å². The molecule has 18 nitrogen and oxygen atoms in total. The topological polar surface area (TPSA) is 296 Å². The molecule has 1 aromatic rings. The SMILES string of the molecule is Nc1nc(=O)n([C@@H]2O[C@H](CO)[C@@H](O)[C@H]2N)cc1OP(=O)(O)OP(=O)(O)OP(=O)(O)O. The summed E-state index contributed by atoms with van der Waals surface area (Å²) in [4.78, 5) is 51.0. The van der Waals surface area contributed by atoms with Crippen molar-refractivity contribution >= 4 is 29.3 Å². The molecule has 0 bridgehead atoms. The molecule has 0 spiro atoms. The number of nitrogen functional groups attached to an aromatic ring is 1. The van der Waals surface area contributed by atoms with Crippen molar-refractivity contribution in [1.82, 2.24) is 9.55 Å². The molecule has 1 aliphatic heterocycles. The summed E-state index contributed by atoms with van der Waals surface area (Å²) >= 11 is 0. The molecule has 2 unspecified atom stereocenters. The van der Waals surface area contributed by atoms with E-state index in [1.54, 1.807) is 0 Å². The fraction of sp³-hybridized carbons (Fsp3) is 0.556. The van der Waals surface area contributed by atoms with Gasteiger partial charge in [0.15, 0.2) is 17.8 Å². The van der Waals surface area contributed by atoms with Gasteiger partial charge in [0.2, 0.25) is 0 Å². The van der Waals surface area contributed by atoms with E-state index in [-0.39, 0.29) is 0 Å². The molecule has 1 aliphatic rings. The van der Waals surface area contributed by atoms with Crippen LogP contribution in [0.1, 0.15) is 6.23 Å². The molecule has 2 rings (SSSR count). The number of hydrogen-bond donors (Lipinski definition) is 8. The number of nitrogens with zero attached hydrogens (tertiary/aromatic N) is 2. The first-order chi connectivity index (χ1) is 13.6. The van der Waals surface area contributed by atoms with E-state index < -0.39 is 71.8 Å². The van der Waals surface area contributed by atoms with Gasteiger partial charge in [-0.1, -0.05) is 0 Å². The number of rotatable bonds is 8. The van der Waals surface area contributed by atoms with Crippen molar-refractivity contribution in [2.75, 3.05) is 12.3 Å². The van der Waals surface area contributed by atoms with E-state index in [9.17, 15) is 28.5 Å². The first kappa shape index (κ1) is 25.0. The Morgan fingerprint density at radius 3 is 2.27 bits per heavy atom. The highest BCUT2D eigenvalue weighted by atomic mass is 31.3. The molecule has 0 radical (unpaired) electrons. The van der Waals surface area contributed by atoms with Crippen LogP contribution in [0.4, 0.5) is 5.82 Å². The molecule has 30 heavy (non-hydrogen) atoms. The standard InChI is InChI=1S/C9H17N4O14P3/c10-5-6(15)4(2-14)24-8(5)13-1-3(7(11)12-9(13)16)25-29(20,21)27-30(22,23)26-28(17,18)19/h1,4-6,8,14-15H,2,10H2,(H,20,21)(H,22,23)(H2,11,12,16)(H2,17,18,19)/t4-,5-,6-,8-/m1/s1. The predicted octanol–water partition coefficient (Wildman–Crippen LogP) is -2.89. The van der Waals surface area contributed by atoms with Crippen LogP contribution in [0.3, 0.4) is 0 Å². The monoisotopic (exact) mass is 498 g/mol. The molecule has 2 heterocycles. The number of aromatic nitrogens is 2. The Kier molecular flexibility index (Phi) is 7.28. The number of ether oxygens (including phenoxy) is 1. The number of nitrogens with two attached hydrogens (primary N) is 2. The third kappa shape index (κ3) is 6.15. The number of phosphoric ester groups is 1. The third-order valence-corrected chi connectivity index (χ3v) is 7.20. The van der Waals surface area contributed by atoms with E-state index in [0.29, 0.717) is 10.8 Å². The second-order valence-corrected chi connectivity index (χ2v) is 10.0. The van der Waals surface area contributed by atoms with Gasteiger partial charge in [-0.05, 0) is 0 Å². The maximum atomic E-state index is 12.1. The van der Waals surface area contributed by atoms with E-state index in [0.717, 1.165) is 0 Å². The maximum absolute atomic E-state index is 12.1. The van der Waals surface area contributed by atoms with E-state index in [4.69, 9.17) is 36.0 Å². The molecule has 172 valence electrons. The van der Waals surface area contributed by atoms with Crippen LogP contribution in [0.2, 0.25) is 0 Å². The Hall–Kier alpha value is -1.23. The lowest BCUT2D eigenvalue weighted by Crippen LogP contribution is -2.42. The van der Waals surface area contributed by atoms with E-state index in [2.05, 4.69) is 18.1 Å². The molecule has 0 aromatic carbocycles. The second kappa shape index (κ2) is 8.72. The minimum Gasteiger partial charge on any atom is -0.398 e. The predicted molar refractivity (Wildman–Crippen MR) is 92.4 cm³/mol. The molecule has 0 amide bonds. The van der Waals surface area contributed by atoms with Crippen LogP contribution >= 0.6 is 23.5 Å². The molecule has 6 atom stereocenters. The summed E-state index contributed by atoms with van der Waals surface area (Å²) in [7, 11) is -17.0. The minimum atomic E-state index is -5.80. The van der Waals surface area contributed by atoms with Crippen LogP contribution in [0.25, 0.3) is 0 Å². The number of hydrogen-bond acceptors (Lipinski definition) is 13. The largest absolute Gasteiger partial charge is 0.536 e. The smallest absolute Gasteiger partial charge is 0.398 e.